The van der Waals surface area contributed by atoms with Crippen LogP contribution in [0.4, 0.5) is 5.82 Å². The number of aryl methyl sites for hydroxylation is 2. The van der Waals surface area contributed by atoms with Gasteiger partial charge in [0.25, 0.3) is 0 Å². The highest BCUT2D eigenvalue weighted by molar-refractivity contribution is 5.87. The average Bonchev–Trinajstić information content (AvgIpc) is 3.18. The monoisotopic (exact) mass is 352 g/mol. The Hall–Kier alpha value is -2.51. The number of likely N-dealkylation sites (tertiary alicyclic amines) is 1. The van der Waals surface area contributed by atoms with Gasteiger partial charge in [0.1, 0.15) is 17.5 Å². The van der Waals surface area contributed by atoms with Gasteiger partial charge in [-0.25, -0.2) is 15.0 Å². The summed E-state index contributed by atoms with van der Waals surface area (Å²) in [6.07, 6.45) is 1.06. The Kier molecular flexibility index (Phi) is 4.34. The van der Waals surface area contributed by atoms with Gasteiger partial charge in [0.2, 0.25) is 0 Å². The van der Waals surface area contributed by atoms with Gasteiger partial charge in [-0.1, -0.05) is 12.1 Å². The van der Waals surface area contributed by atoms with Crippen molar-refractivity contribution >= 4 is 16.7 Å². The lowest BCUT2D eigenvalue weighted by atomic mass is 10.2. The van der Waals surface area contributed by atoms with Crippen molar-refractivity contribution in [3.8, 4) is 0 Å². The molecule has 2 aromatic heterocycles. The average molecular weight is 352 g/mol. The summed E-state index contributed by atoms with van der Waals surface area (Å²) in [6.45, 7) is 5.50. The molecule has 0 radical (unpaired) electrons. The van der Waals surface area contributed by atoms with Crippen LogP contribution in [0.2, 0.25) is 0 Å². The van der Waals surface area contributed by atoms with Crippen molar-refractivity contribution in [2.24, 2.45) is 0 Å². The van der Waals surface area contributed by atoms with E-state index in [1.165, 1.54) is 0 Å². The maximum atomic E-state index is 6.14. The Morgan fingerprint density at radius 1 is 1.23 bits per heavy atom. The highest BCUT2D eigenvalue weighted by atomic mass is 16.5. The first-order chi connectivity index (χ1) is 12.5. The largest absolute Gasteiger partial charge is 0.383 e. The second kappa shape index (κ2) is 6.66. The Bertz CT molecular complexity index is 917. The van der Waals surface area contributed by atoms with Crippen LogP contribution in [0.1, 0.15) is 35.5 Å². The van der Waals surface area contributed by atoms with Gasteiger partial charge in [-0.15, -0.1) is 0 Å². The van der Waals surface area contributed by atoms with Crippen molar-refractivity contribution < 1.29 is 4.74 Å². The van der Waals surface area contributed by atoms with E-state index in [1.807, 2.05) is 38.1 Å². The fraction of sp³-hybridized carbons (Fsp3) is 0.421. The van der Waals surface area contributed by atoms with E-state index in [0.717, 1.165) is 46.9 Å². The summed E-state index contributed by atoms with van der Waals surface area (Å²) in [7, 11) is 1.76. The molecule has 0 saturated carbocycles. The zero-order valence-corrected chi connectivity index (χ0v) is 15.4. The molecule has 3 heterocycles. The van der Waals surface area contributed by atoms with Gasteiger partial charge in [0.05, 0.1) is 29.9 Å². The number of anilines is 1. The fourth-order valence-electron chi connectivity index (χ4n) is 3.63. The van der Waals surface area contributed by atoms with Crippen LogP contribution in [0.5, 0.6) is 0 Å². The van der Waals surface area contributed by atoms with E-state index < -0.39 is 0 Å². The van der Waals surface area contributed by atoms with E-state index in [1.54, 1.807) is 7.11 Å². The molecule has 7 heteroatoms. The fourth-order valence-corrected chi connectivity index (χ4v) is 3.63. The van der Waals surface area contributed by atoms with Crippen LogP contribution in [0.15, 0.2) is 24.3 Å². The van der Waals surface area contributed by atoms with Gasteiger partial charge in [0.15, 0.2) is 0 Å². The molecule has 1 fully saturated rings. The third-order valence-corrected chi connectivity index (χ3v) is 5.18. The summed E-state index contributed by atoms with van der Waals surface area (Å²) in [5.41, 5.74) is 9.15. The molecular weight excluding hydrogens is 328 g/mol. The molecule has 0 bridgehead atoms. The van der Waals surface area contributed by atoms with Crippen LogP contribution in [-0.4, -0.2) is 44.6 Å². The molecule has 0 amide bonds. The number of rotatable bonds is 4. The lowest BCUT2D eigenvalue weighted by molar-refractivity contribution is 0.107. The summed E-state index contributed by atoms with van der Waals surface area (Å²) < 4.78 is 5.61. The summed E-state index contributed by atoms with van der Waals surface area (Å²) >= 11 is 0. The number of aromatic amines is 1. The Morgan fingerprint density at radius 3 is 2.77 bits per heavy atom. The Morgan fingerprint density at radius 2 is 2.04 bits per heavy atom. The van der Waals surface area contributed by atoms with Crippen molar-refractivity contribution in [1.29, 1.82) is 0 Å². The van der Waals surface area contributed by atoms with Gasteiger partial charge in [-0.2, -0.15) is 0 Å². The van der Waals surface area contributed by atoms with Gasteiger partial charge < -0.3 is 15.5 Å². The molecule has 1 aliphatic heterocycles. The molecule has 26 heavy (non-hydrogen) atoms. The number of nitrogens with zero attached hydrogens (tertiary/aromatic N) is 4. The van der Waals surface area contributed by atoms with Crippen LogP contribution in [0.25, 0.3) is 10.9 Å². The molecule has 0 unspecified atom stereocenters. The molecular formula is C19H24N6O. The minimum Gasteiger partial charge on any atom is -0.383 e. The first-order valence-electron chi connectivity index (χ1n) is 8.86. The molecule has 136 valence electrons. The molecule has 7 nitrogen and oxygen atoms in total. The van der Waals surface area contributed by atoms with E-state index >= 15 is 0 Å². The van der Waals surface area contributed by atoms with E-state index in [-0.39, 0.29) is 12.1 Å². The number of imidazole rings is 1. The number of ether oxygens (including phenoxy) is 1. The van der Waals surface area contributed by atoms with Gasteiger partial charge in [-0.3, -0.25) is 4.90 Å². The molecule has 1 saturated heterocycles. The third kappa shape index (κ3) is 3.04. The minimum absolute atomic E-state index is 0.156. The number of benzene rings is 1. The van der Waals surface area contributed by atoms with Crippen LogP contribution in [0, 0.1) is 13.8 Å². The summed E-state index contributed by atoms with van der Waals surface area (Å²) in [6, 6.07) is 7.98. The van der Waals surface area contributed by atoms with Gasteiger partial charge in [0, 0.05) is 24.7 Å². The zero-order chi connectivity index (χ0) is 18.3. The van der Waals surface area contributed by atoms with E-state index in [4.69, 9.17) is 20.4 Å². The highest BCUT2D eigenvalue weighted by Crippen LogP contribution is 2.33. The molecule has 3 N–H and O–H groups in total. The number of para-hydroxylation sites is 1. The van der Waals surface area contributed by atoms with Crippen LogP contribution >= 0.6 is 0 Å². The number of methoxy groups -OCH3 is 1. The molecule has 0 spiro atoms. The van der Waals surface area contributed by atoms with Crippen LogP contribution in [-0.2, 0) is 11.3 Å². The third-order valence-electron chi connectivity index (χ3n) is 5.18. The van der Waals surface area contributed by atoms with Gasteiger partial charge >= 0.3 is 0 Å². The number of hydrogen-bond donors (Lipinski definition) is 2. The second-order valence-electron chi connectivity index (χ2n) is 6.91. The maximum absolute atomic E-state index is 6.14. The van der Waals surface area contributed by atoms with Crippen molar-refractivity contribution in [3.05, 3.63) is 47.3 Å². The molecule has 4 rings (SSSR count). The Labute approximate surface area is 152 Å². The lowest BCUT2D eigenvalue weighted by Crippen LogP contribution is -2.26. The smallest absolute Gasteiger partial charge is 0.145 e. The van der Waals surface area contributed by atoms with Crippen molar-refractivity contribution in [2.75, 3.05) is 19.4 Å². The van der Waals surface area contributed by atoms with Crippen molar-refractivity contribution in [1.82, 2.24) is 24.8 Å². The minimum atomic E-state index is 0.156. The van der Waals surface area contributed by atoms with Crippen LogP contribution in [0.3, 0.4) is 0 Å². The summed E-state index contributed by atoms with van der Waals surface area (Å²) in [4.78, 5) is 19.6. The molecule has 2 atom stereocenters. The summed E-state index contributed by atoms with van der Waals surface area (Å²) in [5.74, 6) is 2.23. The number of fused-ring (bicyclic) bond motifs is 1. The van der Waals surface area contributed by atoms with Crippen molar-refractivity contribution in [2.45, 2.75) is 39.0 Å². The van der Waals surface area contributed by atoms with Crippen molar-refractivity contribution in [3.63, 3.8) is 0 Å². The SMILES string of the molecule is CO[C@@H]1C[C@@H](c2nc(C)c(C)[nH]2)N(Cc2nc(N)c3ccccc3n2)C1. The molecule has 1 aromatic carbocycles. The zero-order valence-electron chi connectivity index (χ0n) is 15.4. The number of aromatic nitrogens is 4. The summed E-state index contributed by atoms with van der Waals surface area (Å²) in [5, 5.41) is 0.890. The Balaban J connectivity index is 1.64. The van der Waals surface area contributed by atoms with Crippen LogP contribution < -0.4 is 5.73 Å². The van der Waals surface area contributed by atoms with E-state index in [2.05, 4.69) is 14.9 Å². The molecule has 0 aliphatic carbocycles. The number of nitrogen functional groups attached to an aromatic ring is 1. The number of hydrogen-bond acceptors (Lipinski definition) is 6. The highest BCUT2D eigenvalue weighted by Gasteiger charge is 2.35. The lowest BCUT2D eigenvalue weighted by Gasteiger charge is -2.22. The quantitative estimate of drug-likeness (QED) is 0.749. The standard InChI is InChI=1S/C19H24N6O/c1-11-12(2)22-19(21-11)16-8-13(26-3)9-25(16)10-17-23-15-7-5-4-6-14(15)18(20)24-17/h4-7,13,16H,8-10H2,1-3H3,(H,21,22)(H2,20,23,24)/t13-,16+/m1/s1. The van der Waals surface area contributed by atoms with Gasteiger partial charge in [-0.05, 0) is 32.4 Å². The number of nitrogens with two attached hydrogens (primary N) is 1. The second-order valence-corrected chi connectivity index (χ2v) is 6.91. The predicted molar refractivity (Wildman–Crippen MR) is 101 cm³/mol. The first kappa shape index (κ1) is 16.9. The maximum Gasteiger partial charge on any atom is 0.145 e. The topological polar surface area (TPSA) is 93.0 Å². The predicted octanol–water partition coefficient (Wildman–Crippen LogP) is 2.51. The van der Waals surface area contributed by atoms with E-state index in [0.29, 0.717) is 12.4 Å². The number of nitrogens with one attached hydrogen (secondary N) is 1. The normalized spacial score (nSPS) is 20.9. The molecule has 3 aromatic rings. The number of H-pyrrole nitrogens is 1. The first-order valence-corrected chi connectivity index (χ1v) is 8.86. The molecule has 1 aliphatic rings. The van der Waals surface area contributed by atoms with E-state index in [9.17, 15) is 0 Å².